The molecular formula is C18H18O2S. The highest BCUT2D eigenvalue weighted by molar-refractivity contribution is 7.98. The van der Waals surface area contributed by atoms with Crippen LogP contribution < -0.4 is 0 Å². The normalized spacial score (nSPS) is 11.0. The number of carboxylic acid groups (broad SMARTS) is 1. The number of benzene rings is 2. The molecule has 0 aromatic heterocycles. The standard InChI is InChI=1S/C18H18O2S/c1-13-6-8-17(10-14(13)2)21-12-16-5-3-4-15(11-16)7-9-18(19)20/h3-11H,12H2,1-2H3,(H,19,20). The predicted molar refractivity (Wildman–Crippen MR) is 88.6 cm³/mol. The summed E-state index contributed by atoms with van der Waals surface area (Å²) in [5, 5.41) is 8.65. The van der Waals surface area contributed by atoms with Gasteiger partial charge in [-0.25, -0.2) is 4.79 Å². The van der Waals surface area contributed by atoms with E-state index in [1.165, 1.54) is 21.6 Å². The van der Waals surface area contributed by atoms with Gasteiger partial charge in [0.25, 0.3) is 0 Å². The average molecular weight is 298 g/mol. The number of hydrogen-bond acceptors (Lipinski definition) is 2. The first-order valence-electron chi connectivity index (χ1n) is 6.74. The highest BCUT2D eigenvalue weighted by Gasteiger charge is 2.00. The molecule has 0 atom stereocenters. The van der Waals surface area contributed by atoms with Crippen LogP contribution in [0.5, 0.6) is 0 Å². The Morgan fingerprint density at radius 3 is 2.67 bits per heavy atom. The van der Waals surface area contributed by atoms with Crippen molar-refractivity contribution in [3.05, 3.63) is 70.8 Å². The Labute approximate surface area is 129 Å². The van der Waals surface area contributed by atoms with Gasteiger partial charge >= 0.3 is 5.97 Å². The van der Waals surface area contributed by atoms with Crippen molar-refractivity contribution in [1.29, 1.82) is 0 Å². The van der Waals surface area contributed by atoms with Crippen molar-refractivity contribution in [2.45, 2.75) is 24.5 Å². The maximum Gasteiger partial charge on any atom is 0.328 e. The lowest BCUT2D eigenvalue weighted by Crippen LogP contribution is -1.87. The largest absolute Gasteiger partial charge is 0.478 e. The Morgan fingerprint density at radius 2 is 1.95 bits per heavy atom. The van der Waals surface area contributed by atoms with Crippen LogP contribution in [0.3, 0.4) is 0 Å². The minimum atomic E-state index is -0.926. The van der Waals surface area contributed by atoms with Gasteiger partial charge in [-0.05, 0) is 54.3 Å². The van der Waals surface area contributed by atoms with Crippen LogP contribution in [0.25, 0.3) is 6.08 Å². The predicted octanol–water partition coefficient (Wildman–Crippen LogP) is 4.69. The van der Waals surface area contributed by atoms with Gasteiger partial charge in [-0.15, -0.1) is 11.8 Å². The second-order valence-electron chi connectivity index (χ2n) is 4.95. The molecular weight excluding hydrogens is 280 g/mol. The first-order chi connectivity index (χ1) is 10.0. The summed E-state index contributed by atoms with van der Waals surface area (Å²) >= 11 is 1.79. The molecule has 0 aliphatic carbocycles. The molecule has 0 spiro atoms. The molecule has 2 aromatic carbocycles. The summed E-state index contributed by atoms with van der Waals surface area (Å²) in [5.74, 6) is -0.0537. The number of aryl methyl sites for hydroxylation is 2. The molecule has 0 radical (unpaired) electrons. The molecule has 0 heterocycles. The number of aliphatic carboxylic acids is 1. The fourth-order valence-electron chi connectivity index (χ4n) is 1.92. The van der Waals surface area contributed by atoms with E-state index in [0.717, 1.165) is 17.4 Å². The second kappa shape index (κ2) is 7.14. The summed E-state index contributed by atoms with van der Waals surface area (Å²) in [6.07, 6.45) is 2.78. The molecule has 0 fully saturated rings. The molecule has 0 aliphatic rings. The third-order valence-corrected chi connectivity index (χ3v) is 4.32. The summed E-state index contributed by atoms with van der Waals surface area (Å²) in [5.41, 5.74) is 4.71. The Bertz CT molecular complexity index is 675. The Balaban J connectivity index is 2.04. The molecule has 0 amide bonds. The lowest BCUT2D eigenvalue weighted by molar-refractivity contribution is -0.131. The van der Waals surface area contributed by atoms with Crippen molar-refractivity contribution < 1.29 is 9.90 Å². The summed E-state index contributed by atoms with van der Waals surface area (Å²) < 4.78 is 0. The van der Waals surface area contributed by atoms with Gasteiger partial charge in [0.15, 0.2) is 0 Å². The summed E-state index contributed by atoms with van der Waals surface area (Å²) in [6, 6.07) is 14.4. The zero-order valence-electron chi connectivity index (χ0n) is 12.2. The molecule has 0 aliphatic heterocycles. The monoisotopic (exact) mass is 298 g/mol. The van der Waals surface area contributed by atoms with Crippen LogP contribution in [0.1, 0.15) is 22.3 Å². The molecule has 0 saturated heterocycles. The number of rotatable bonds is 5. The zero-order chi connectivity index (χ0) is 15.2. The van der Waals surface area contributed by atoms with E-state index in [1.54, 1.807) is 17.8 Å². The van der Waals surface area contributed by atoms with Crippen LogP contribution in [0.4, 0.5) is 0 Å². The molecule has 108 valence electrons. The second-order valence-corrected chi connectivity index (χ2v) is 6.00. The van der Waals surface area contributed by atoms with Crippen LogP contribution in [-0.4, -0.2) is 11.1 Å². The third-order valence-electron chi connectivity index (χ3n) is 3.25. The quantitative estimate of drug-likeness (QED) is 0.642. The van der Waals surface area contributed by atoms with Crippen molar-refractivity contribution in [1.82, 2.24) is 0 Å². The van der Waals surface area contributed by atoms with Gasteiger partial charge in [0, 0.05) is 16.7 Å². The van der Waals surface area contributed by atoms with Gasteiger partial charge in [0.1, 0.15) is 0 Å². The number of carboxylic acids is 1. The van der Waals surface area contributed by atoms with E-state index in [2.05, 4.69) is 38.1 Å². The SMILES string of the molecule is Cc1ccc(SCc2cccc(C=CC(=O)O)c2)cc1C. The summed E-state index contributed by atoms with van der Waals surface area (Å²) in [4.78, 5) is 11.8. The van der Waals surface area contributed by atoms with E-state index < -0.39 is 5.97 Å². The highest BCUT2D eigenvalue weighted by Crippen LogP contribution is 2.25. The van der Waals surface area contributed by atoms with Crippen molar-refractivity contribution in [2.75, 3.05) is 0 Å². The first-order valence-corrected chi connectivity index (χ1v) is 7.73. The van der Waals surface area contributed by atoms with Crippen LogP contribution >= 0.6 is 11.8 Å². The van der Waals surface area contributed by atoms with Gasteiger partial charge in [0.05, 0.1) is 0 Å². The topological polar surface area (TPSA) is 37.3 Å². The van der Waals surface area contributed by atoms with Gasteiger partial charge in [-0.1, -0.05) is 30.3 Å². The lowest BCUT2D eigenvalue weighted by Gasteiger charge is -2.06. The van der Waals surface area contributed by atoms with Crippen LogP contribution in [0, 0.1) is 13.8 Å². The third kappa shape index (κ3) is 4.80. The van der Waals surface area contributed by atoms with Crippen molar-refractivity contribution in [2.24, 2.45) is 0 Å². The summed E-state index contributed by atoms with van der Waals surface area (Å²) in [6.45, 7) is 4.23. The number of thioether (sulfide) groups is 1. The van der Waals surface area contributed by atoms with E-state index in [4.69, 9.17) is 5.11 Å². The Morgan fingerprint density at radius 1 is 1.14 bits per heavy atom. The van der Waals surface area contributed by atoms with Crippen molar-refractivity contribution in [3.8, 4) is 0 Å². The smallest absolute Gasteiger partial charge is 0.328 e. The summed E-state index contributed by atoms with van der Waals surface area (Å²) in [7, 11) is 0. The van der Waals surface area contributed by atoms with Gasteiger partial charge in [-0.3, -0.25) is 0 Å². The van der Waals surface area contributed by atoms with Crippen molar-refractivity contribution in [3.63, 3.8) is 0 Å². The van der Waals surface area contributed by atoms with Gasteiger partial charge in [-0.2, -0.15) is 0 Å². The fraction of sp³-hybridized carbons (Fsp3) is 0.167. The Kier molecular flexibility index (Phi) is 5.23. The molecule has 0 unspecified atom stereocenters. The van der Waals surface area contributed by atoms with E-state index in [0.29, 0.717) is 0 Å². The molecule has 0 bridgehead atoms. The maximum absolute atomic E-state index is 10.5. The molecule has 21 heavy (non-hydrogen) atoms. The van der Waals surface area contributed by atoms with E-state index in [9.17, 15) is 4.79 Å². The number of hydrogen-bond donors (Lipinski definition) is 1. The average Bonchev–Trinajstić information content (AvgIpc) is 2.47. The van der Waals surface area contributed by atoms with E-state index in [-0.39, 0.29) is 0 Å². The zero-order valence-corrected chi connectivity index (χ0v) is 13.0. The van der Waals surface area contributed by atoms with E-state index in [1.807, 2.05) is 18.2 Å². The molecule has 2 nitrogen and oxygen atoms in total. The van der Waals surface area contributed by atoms with Crippen LogP contribution in [0.2, 0.25) is 0 Å². The molecule has 2 aromatic rings. The van der Waals surface area contributed by atoms with E-state index >= 15 is 0 Å². The first kappa shape index (κ1) is 15.4. The van der Waals surface area contributed by atoms with Crippen LogP contribution in [0.15, 0.2) is 53.4 Å². The van der Waals surface area contributed by atoms with Crippen LogP contribution in [-0.2, 0) is 10.5 Å². The lowest BCUT2D eigenvalue weighted by atomic mass is 10.1. The molecule has 3 heteroatoms. The molecule has 0 saturated carbocycles. The minimum Gasteiger partial charge on any atom is -0.478 e. The number of carbonyl (C=O) groups is 1. The van der Waals surface area contributed by atoms with Crippen molar-refractivity contribution >= 4 is 23.8 Å². The molecule has 1 N–H and O–H groups in total. The maximum atomic E-state index is 10.5. The van der Waals surface area contributed by atoms with Gasteiger partial charge < -0.3 is 5.11 Å². The van der Waals surface area contributed by atoms with Gasteiger partial charge in [0.2, 0.25) is 0 Å². The molecule has 2 rings (SSSR count). The minimum absolute atomic E-state index is 0.872. The Hall–Kier alpha value is -2.00. The highest BCUT2D eigenvalue weighted by atomic mass is 32.2. The fourth-order valence-corrected chi connectivity index (χ4v) is 2.86.